The van der Waals surface area contributed by atoms with Crippen LogP contribution in [0.15, 0.2) is 30.7 Å². The highest BCUT2D eigenvalue weighted by atomic mass is 16.5. The van der Waals surface area contributed by atoms with Gasteiger partial charge in [-0.3, -0.25) is 9.78 Å². The number of pyridine rings is 2. The minimum absolute atomic E-state index is 0.120. The summed E-state index contributed by atoms with van der Waals surface area (Å²) in [7, 11) is 1.93. The number of fused-ring (bicyclic) bond motifs is 1. The average molecular weight is 422 g/mol. The number of carbonyl (C=O) groups is 1. The number of piperazine rings is 1. The molecule has 2 fully saturated rings. The van der Waals surface area contributed by atoms with Gasteiger partial charge in [0.05, 0.1) is 41.7 Å². The van der Waals surface area contributed by atoms with Crippen LogP contribution >= 0.6 is 0 Å². The minimum atomic E-state index is 0.120. The summed E-state index contributed by atoms with van der Waals surface area (Å²) in [6.45, 7) is 5.18. The van der Waals surface area contributed by atoms with E-state index in [2.05, 4.69) is 31.6 Å². The Balaban J connectivity index is 1.37. The van der Waals surface area contributed by atoms with Crippen LogP contribution < -0.4 is 20.3 Å². The van der Waals surface area contributed by atoms with Gasteiger partial charge in [0.1, 0.15) is 5.52 Å². The quantitative estimate of drug-likeness (QED) is 0.620. The molecule has 5 heterocycles. The van der Waals surface area contributed by atoms with E-state index in [9.17, 15) is 4.79 Å². The molecule has 3 aromatic rings. The maximum atomic E-state index is 11.4. The third-order valence-corrected chi connectivity index (χ3v) is 5.98. The lowest BCUT2D eigenvalue weighted by molar-refractivity contribution is -0.119. The predicted molar refractivity (Wildman–Crippen MR) is 118 cm³/mol. The number of hydrogen-bond acceptors (Lipinski definition) is 7. The molecule has 2 saturated heterocycles. The van der Waals surface area contributed by atoms with Crippen LogP contribution in [0.4, 0.5) is 5.69 Å². The van der Waals surface area contributed by atoms with Crippen LogP contribution in [-0.4, -0.2) is 64.8 Å². The summed E-state index contributed by atoms with van der Waals surface area (Å²) in [6, 6.07) is 6.06. The Morgan fingerprint density at radius 1 is 1.19 bits per heavy atom. The van der Waals surface area contributed by atoms with E-state index in [1.165, 1.54) is 0 Å². The van der Waals surface area contributed by atoms with Crippen molar-refractivity contribution >= 4 is 22.6 Å². The SMILES string of the molecule is Cn1cnc2cc(-c3ccc(N4CCNCC4)cn3)nc(OCC[C@H]3CNC(=O)C3)c21. The molecule has 1 amide bonds. The number of imidazole rings is 1. The van der Waals surface area contributed by atoms with Gasteiger partial charge in [-0.25, -0.2) is 9.97 Å². The van der Waals surface area contributed by atoms with E-state index in [0.29, 0.717) is 24.8 Å². The van der Waals surface area contributed by atoms with Crippen LogP contribution in [0.25, 0.3) is 22.4 Å². The highest BCUT2D eigenvalue weighted by Gasteiger charge is 2.22. The van der Waals surface area contributed by atoms with Crippen molar-refractivity contribution in [1.29, 1.82) is 0 Å². The number of nitrogens with zero attached hydrogens (tertiary/aromatic N) is 5. The number of carbonyl (C=O) groups excluding carboxylic acids is 1. The van der Waals surface area contributed by atoms with Crippen LogP contribution in [0, 0.1) is 5.92 Å². The number of hydrogen-bond donors (Lipinski definition) is 2. The third-order valence-electron chi connectivity index (χ3n) is 5.98. The first-order chi connectivity index (χ1) is 15.2. The summed E-state index contributed by atoms with van der Waals surface area (Å²) in [5.74, 6) is 0.990. The zero-order chi connectivity index (χ0) is 21.2. The molecule has 31 heavy (non-hydrogen) atoms. The van der Waals surface area contributed by atoms with E-state index in [-0.39, 0.29) is 5.91 Å². The van der Waals surface area contributed by atoms with Crippen LogP contribution in [0.3, 0.4) is 0 Å². The smallest absolute Gasteiger partial charge is 0.240 e. The molecule has 0 bridgehead atoms. The Kier molecular flexibility index (Phi) is 5.42. The van der Waals surface area contributed by atoms with Crippen LogP contribution in [0.1, 0.15) is 12.8 Å². The first-order valence-corrected chi connectivity index (χ1v) is 10.8. The van der Waals surface area contributed by atoms with E-state index >= 15 is 0 Å². The molecule has 0 aliphatic carbocycles. The molecule has 0 saturated carbocycles. The van der Waals surface area contributed by atoms with Gasteiger partial charge < -0.3 is 24.8 Å². The lowest BCUT2D eigenvalue weighted by Crippen LogP contribution is -2.43. The van der Waals surface area contributed by atoms with Crippen molar-refractivity contribution in [2.45, 2.75) is 12.8 Å². The largest absolute Gasteiger partial charge is 0.476 e. The molecule has 0 aromatic carbocycles. The number of aryl methyl sites for hydroxylation is 1. The molecular formula is C22H27N7O2. The van der Waals surface area contributed by atoms with Crippen molar-refractivity contribution in [2.24, 2.45) is 13.0 Å². The first kappa shape index (κ1) is 19.7. The van der Waals surface area contributed by atoms with E-state index < -0.39 is 0 Å². The number of ether oxygens (including phenoxy) is 1. The van der Waals surface area contributed by atoms with E-state index in [0.717, 1.165) is 67.3 Å². The zero-order valence-electron chi connectivity index (χ0n) is 17.7. The standard InChI is InChI=1S/C22H27N7O2/c1-28-14-26-19-11-18(17-3-2-16(13-24-17)29-7-5-23-6-8-29)27-22(21(19)28)31-9-4-15-10-20(30)25-12-15/h2-3,11,13-15,23H,4-10,12H2,1H3,(H,25,30)/t15-/m1/s1. The van der Waals surface area contributed by atoms with Crippen LogP contribution in [0.2, 0.25) is 0 Å². The maximum absolute atomic E-state index is 11.4. The van der Waals surface area contributed by atoms with E-state index in [4.69, 9.17) is 9.72 Å². The summed E-state index contributed by atoms with van der Waals surface area (Å²) in [6.07, 6.45) is 5.06. The number of rotatable bonds is 6. The number of anilines is 1. The average Bonchev–Trinajstić information content (AvgIpc) is 3.39. The summed E-state index contributed by atoms with van der Waals surface area (Å²) in [5.41, 5.74) is 4.35. The van der Waals surface area contributed by atoms with Gasteiger partial charge in [0, 0.05) is 46.2 Å². The van der Waals surface area contributed by atoms with E-state index in [1.807, 2.05) is 29.9 Å². The number of amides is 1. The fraction of sp³-hybridized carbons (Fsp3) is 0.455. The highest BCUT2D eigenvalue weighted by molar-refractivity contribution is 5.84. The number of aromatic nitrogens is 4. The molecule has 162 valence electrons. The van der Waals surface area contributed by atoms with Crippen molar-refractivity contribution in [3.05, 3.63) is 30.7 Å². The summed E-state index contributed by atoms with van der Waals surface area (Å²) in [5, 5.41) is 6.24. The van der Waals surface area contributed by atoms with Gasteiger partial charge in [-0.15, -0.1) is 0 Å². The normalized spacial score (nSPS) is 19.1. The van der Waals surface area contributed by atoms with E-state index in [1.54, 1.807) is 6.33 Å². The van der Waals surface area contributed by atoms with Crippen molar-refractivity contribution < 1.29 is 9.53 Å². The summed E-state index contributed by atoms with van der Waals surface area (Å²) < 4.78 is 8.00. The topological polar surface area (TPSA) is 97.2 Å². The van der Waals surface area contributed by atoms with Gasteiger partial charge in [-0.05, 0) is 30.5 Å². The van der Waals surface area contributed by atoms with Crippen molar-refractivity contribution in [2.75, 3.05) is 44.2 Å². The Morgan fingerprint density at radius 2 is 2.06 bits per heavy atom. The second-order valence-electron chi connectivity index (χ2n) is 8.19. The van der Waals surface area contributed by atoms with Crippen molar-refractivity contribution in [3.63, 3.8) is 0 Å². The Labute approximate surface area is 180 Å². The van der Waals surface area contributed by atoms with Gasteiger partial charge in [0.25, 0.3) is 0 Å². The fourth-order valence-corrected chi connectivity index (χ4v) is 4.21. The number of nitrogens with one attached hydrogen (secondary N) is 2. The predicted octanol–water partition coefficient (Wildman–Crippen LogP) is 1.34. The second-order valence-corrected chi connectivity index (χ2v) is 8.19. The zero-order valence-corrected chi connectivity index (χ0v) is 17.7. The molecule has 9 nitrogen and oxygen atoms in total. The molecule has 2 aliphatic heterocycles. The molecule has 2 N–H and O–H groups in total. The third kappa shape index (κ3) is 4.18. The minimum Gasteiger partial charge on any atom is -0.476 e. The van der Waals surface area contributed by atoms with Crippen molar-refractivity contribution in [1.82, 2.24) is 30.2 Å². The molecule has 9 heteroatoms. The Morgan fingerprint density at radius 3 is 2.81 bits per heavy atom. The molecular weight excluding hydrogens is 394 g/mol. The van der Waals surface area contributed by atoms with Gasteiger partial charge in [-0.2, -0.15) is 0 Å². The molecule has 1 atom stereocenters. The summed E-state index contributed by atoms with van der Waals surface area (Å²) in [4.78, 5) is 27.7. The van der Waals surface area contributed by atoms with Gasteiger partial charge in [-0.1, -0.05) is 0 Å². The molecule has 0 spiro atoms. The molecule has 5 rings (SSSR count). The van der Waals surface area contributed by atoms with Crippen molar-refractivity contribution in [3.8, 4) is 17.3 Å². The second kappa shape index (κ2) is 8.50. The molecule has 2 aliphatic rings. The van der Waals surface area contributed by atoms with Gasteiger partial charge >= 0.3 is 0 Å². The lowest BCUT2D eigenvalue weighted by atomic mass is 10.1. The monoisotopic (exact) mass is 421 g/mol. The van der Waals surface area contributed by atoms with Crippen LogP contribution in [0.5, 0.6) is 5.88 Å². The summed E-state index contributed by atoms with van der Waals surface area (Å²) >= 11 is 0. The first-order valence-electron chi connectivity index (χ1n) is 10.8. The molecule has 0 radical (unpaired) electrons. The molecule has 0 unspecified atom stereocenters. The molecule has 3 aromatic heterocycles. The Hall–Kier alpha value is -3.20. The van der Waals surface area contributed by atoms with Gasteiger partial charge in [0.15, 0.2) is 0 Å². The van der Waals surface area contributed by atoms with Crippen LogP contribution in [-0.2, 0) is 11.8 Å². The lowest BCUT2D eigenvalue weighted by Gasteiger charge is -2.29. The highest BCUT2D eigenvalue weighted by Crippen LogP contribution is 2.29. The Bertz CT molecular complexity index is 1070. The fourth-order valence-electron chi connectivity index (χ4n) is 4.21. The maximum Gasteiger partial charge on any atom is 0.240 e. The van der Waals surface area contributed by atoms with Gasteiger partial charge in [0.2, 0.25) is 11.8 Å².